The molecule has 0 saturated heterocycles. The van der Waals surface area contributed by atoms with E-state index in [1.807, 2.05) is 0 Å². The quantitative estimate of drug-likeness (QED) is 0.498. The number of carbonyl (C=O) groups excluding carboxylic acids is 1. The van der Waals surface area contributed by atoms with Gasteiger partial charge >= 0.3 is 12.1 Å². The lowest BCUT2D eigenvalue weighted by Gasteiger charge is -2.08. The van der Waals surface area contributed by atoms with Crippen molar-refractivity contribution in [3.8, 4) is 0 Å². The number of halogens is 3. The molecule has 2 aromatic rings. The van der Waals surface area contributed by atoms with Crippen molar-refractivity contribution in [2.75, 3.05) is 18.7 Å². The van der Waals surface area contributed by atoms with E-state index >= 15 is 0 Å². The molecule has 0 radical (unpaired) electrons. The minimum atomic E-state index is -4.71. The Morgan fingerprint density at radius 3 is 2.55 bits per heavy atom. The smallest absolute Gasteiger partial charge is 0.453 e. The van der Waals surface area contributed by atoms with Gasteiger partial charge in [0.25, 0.3) is 5.82 Å². The second kappa shape index (κ2) is 5.75. The van der Waals surface area contributed by atoms with E-state index in [1.54, 1.807) is 0 Å². The Bertz CT molecular complexity index is 716. The van der Waals surface area contributed by atoms with Crippen LogP contribution in [0.1, 0.15) is 16.2 Å². The Kier molecular flexibility index (Phi) is 4.17. The van der Waals surface area contributed by atoms with Crippen LogP contribution in [0.25, 0.3) is 0 Å². The fourth-order valence-electron chi connectivity index (χ4n) is 1.52. The Hall–Kier alpha value is -2.43. The van der Waals surface area contributed by atoms with Crippen LogP contribution in [-0.2, 0) is 10.9 Å². The number of esters is 1. The first-order valence-corrected chi connectivity index (χ1v) is 6.49. The normalized spacial score (nSPS) is 11.5. The van der Waals surface area contributed by atoms with Gasteiger partial charge in [-0.2, -0.15) is 13.2 Å². The van der Waals surface area contributed by atoms with Gasteiger partial charge in [0, 0.05) is 10.6 Å². The molecule has 4 N–H and O–H groups in total. The van der Waals surface area contributed by atoms with Crippen LogP contribution in [0.5, 0.6) is 0 Å². The number of aromatic nitrogens is 3. The Morgan fingerprint density at radius 1 is 1.36 bits per heavy atom. The Balaban J connectivity index is 2.29. The van der Waals surface area contributed by atoms with E-state index in [9.17, 15) is 18.0 Å². The molecule has 11 heteroatoms. The van der Waals surface area contributed by atoms with Gasteiger partial charge in [-0.3, -0.25) is 0 Å². The molecular weight excluding hydrogens is 323 g/mol. The van der Waals surface area contributed by atoms with E-state index in [2.05, 4.69) is 14.9 Å². The van der Waals surface area contributed by atoms with Crippen LogP contribution in [0, 0.1) is 0 Å². The van der Waals surface area contributed by atoms with Crippen molar-refractivity contribution in [3.63, 3.8) is 0 Å². The number of carbonyl (C=O) groups is 1. The van der Waals surface area contributed by atoms with Gasteiger partial charge in [-0.05, 0) is 30.0 Å². The standard InChI is InChI=1S/C11H10F3N5O2S/c1-21-8(20)5-2-3-7(6(15)4-5)22-10-18-17-9(19(10)16)11(12,13)14/h2-4H,15-16H2,1H3. The number of nitrogen functional groups attached to an aromatic ring is 2. The Labute approximate surface area is 126 Å². The van der Waals surface area contributed by atoms with Crippen LogP contribution in [0.15, 0.2) is 28.3 Å². The number of nitrogens with zero attached hydrogens (tertiary/aromatic N) is 3. The van der Waals surface area contributed by atoms with E-state index < -0.39 is 18.0 Å². The van der Waals surface area contributed by atoms with Gasteiger partial charge in [-0.25, -0.2) is 9.47 Å². The molecule has 118 valence electrons. The van der Waals surface area contributed by atoms with Crippen molar-refractivity contribution in [3.05, 3.63) is 29.6 Å². The summed E-state index contributed by atoms with van der Waals surface area (Å²) in [5.41, 5.74) is 6.14. The highest BCUT2D eigenvalue weighted by Gasteiger charge is 2.38. The number of benzene rings is 1. The molecule has 0 unspecified atom stereocenters. The van der Waals surface area contributed by atoms with Crippen LogP contribution >= 0.6 is 11.8 Å². The number of hydrogen-bond donors (Lipinski definition) is 2. The molecule has 0 saturated carbocycles. The van der Waals surface area contributed by atoms with Crippen LogP contribution in [0.4, 0.5) is 18.9 Å². The zero-order valence-electron chi connectivity index (χ0n) is 11.1. The molecule has 1 heterocycles. The van der Waals surface area contributed by atoms with Gasteiger partial charge in [0.05, 0.1) is 12.7 Å². The lowest BCUT2D eigenvalue weighted by molar-refractivity contribution is -0.146. The van der Waals surface area contributed by atoms with Crippen molar-refractivity contribution in [2.24, 2.45) is 0 Å². The molecular formula is C11H10F3N5O2S. The average Bonchev–Trinajstić information content (AvgIpc) is 2.81. The average molecular weight is 333 g/mol. The molecule has 7 nitrogen and oxygen atoms in total. The number of ether oxygens (including phenoxy) is 1. The highest BCUT2D eigenvalue weighted by Crippen LogP contribution is 2.34. The first kappa shape index (κ1) is 15.9. The second-order valence-corrected chi connectivity index (χ2v) is 5.03. The summed E-state index contributed by atoms with van der Waals surface area (Å²) in [5.74, 6) is 3.42. The van der Waals surface area contributed by atoms with E-state index in [4.69, 9.17) is 11.6 Å². The lowest BCUT2D eigenvalue weighted by Crippen LogP contribution is -2.21. The molecule has 0 aliphatic rings. The molecule has 0 aliphatic carbocycles. The molecule has 1 aromatic heterocycles. The molecule has 1 aromatic carbocycles. The Morgan fingerprint density at radius 2 is 2.05 bits per heavy atom. The summed E-state index contributed by atoms with van der Waals surface area (Å²) in [6.07, 6.45) is -4.71. The van der Waals surface area contributed by atoms with Gasteiger partial charge in [0.2, 0.25) is 5.16 Å². The largest absolute Gasteiger partial charge is 0.465 e. The summed E-state index contributed by atoms with van der Waals surface area (Å²) in [6.45, 7) is 0. The molecule has 22 heavy (non-hydrogen) atoms. The monoisotopic (exact) mass is 333 g/mol. The summed E-state index contributed by atoms with van der Waals surface area (Å²) < 4.78 is 42.6. The summed E-state index contributed by atoms with van der Waals surface area (Å²) in [7, 11) is 1.22. The molecule has 0 fully saturated rings. The zero-order valence-corrected chi connectivity index (χ0v) is 11.9. The van der Waals surface area contributed by atoms with E-state index in [0.29, 0.717) is 9.57 Å². The first-order valence-electron chi connectivity index (χ1n) is 5.67. The summed E-state index contributed by atoms with van der Waals surface area (Å²) in [5, 5.41) is 6.19. The SMILES string of the molecule is COC(=O)c1ccc(Sc2nnc(C(F)(F)F)n2N)c(N)c1. The van der Waals surface area contributed by atoms with Gasteiger partial charge in [-0.15, -0.1) is 10.2 Å². The third-order valence-electron chi connectivity index (χ3n) is 2.55. The summed E-state index contributed by atoms with van der Waals surface area (Å²) >= 11 is 0.793. The van der Waals surface area contributed by atoms with Crippen molar-refractivity contribution >= 4 is 23.4 Å². The predicted molar refractivity (Wildman–Crippen MR) is 71.5 cm³/mol. The highest BCUT2D eigenvalue weighted by molar-refractivity contribution is 7.99. The van der Waals surface area contributed by atoms with E-state index in [0.717, 1.165) is 11.8 Å². The van der Waals surface area contributed by atoms with Gasteiger partial charge < -0.3 is 16.3 Å². The maximum Gasteiger partial charge on any atom is 0.453 e. The van der Waals surface area contributed by atoms with E-state index in [-0.39, 0.29) is 16.4 Å². The minimum Gasteiger partial charge on any atom is -0.465 e. The number of methoxy groups -OCH3 is 1. The maximum atomic E-state index is 12.6. The van der Waals surface area contributed by atoms with Crippen molar-refractivity contribution in [2.45, 2.75) is 16.2 Å². The van der Waals surface area contributed by atoms with E-state index in [1.165, 1.54) is 25.3 Å². The number of hydrogen-bond acceptors (Lipinski definition) is 7. The summed E-state index contributed by atoms with van der Waals surface area (Å²) in [6, 6.07) is 4.22. The topological polar surface area (TPSA) is 109 Å². The number of anilines is 1. The fraction of sp³-hybridized carbons (Fsp3) is 0.182. The lowest BCUT2D eigenvalue weighted by atomic mass is 10.2. The third kappa shape index (κ3) is 3.08. The molecule has 0 bridgehead atoms. The summed E-state index contributed by atoms with van der Waals surface area (Å²) in [4.78, 5) is 11.7. The zero-order chi connectivity index (χ0) is 16.5. The highest BCUT2D eigenvalue weighted by atomic mass is 32.2. The van der Waals surface area contributed by atoms with Crippen LogP contribution in [0.3, 0.4) is 0 Å². The first-order chi connectivity index (χ1) is 10.2. The van der Waals surface area contributed by atoms with Crippen LogP contribution in [-0.4, -0.2) is 28.0 Å². The molecule has 0 aliphatic heterocycles. The van der Waals surface area contributed by atoms with Gasteiger partial charge in [-0.1, -0.05) is 0 Å². The van der Waals surface area contributed by atoms with Gasteiger partial charge in [0.15, 0.2) is 0 Å². The van der Waals surface area contributed by atoms with Crippen molar-refractivity contribution in [1.29, 1.82) is 0 Å². The molecule has 2 rings (SSSR count). The predicted octanol–water partition coefficient (Wildman–Crippen LogP) is 1.53. The number of alkyl halides is 3. The molecule has 0 atom stereocenters. The maximum absolute atomic E-state index is 12.6. The number of rotatable bonds is 3. The molecule has 0 amide bonds. The minimum absolute atomic E-state index is 0.171. The van der Waals surface area contributed by atoms with Crippen molar-refractivity contribution < 1.29 is 22.7 Å². The third-order valence-corrected chi connectivity index (χ3v) is 3.60. The molecule has 0 spiro atoms. The second-order valence-electron chi connectivity index (χ2n) is 4.02. The van der Waals surface area contributed by atoms with Crippen LogP contribution < -0.4 is 11.6 Å². The fourth-order valence-corrected chi connectivity index (χ4v) is 2.30. The van der Waals surface area contributed by atoms with Crippen LogP contribution in [0.2, 0.25) is 0 Å². The number of nitrogens with two attached hydrogens (primary N) is 2. The van der Waals surface area contributed by atoms with Gasteiger partial charge in [0.1, 0.15) is 0 Å². The van der Waals surface area contributed by atoms with Crippen molar-refractivity contribution in [1.82, 2.24) is 14.9 Å².